The van der Waals surface area contributed by atoms with E-state index >= 15 is 0 Å². The van der Waals surface area contributed by atoms with Crippen LogP contribution in [-0.4, -0.2) is 38.1 Å². The molecule has 10 heteroatoms. The van der Waals surface area contributed by atoms with Crippen molar-refractivity contribution in [2.45, 2.75) is 20.5 Å². The van der Waals surface area contributed by atoms with Crippen molar-refractivity contribution >= 4 is 36.0 Å². The van der Waals surface area contributed by atoms with E-state index < -0.39 is 23.9 Å². The van der Waals surface area contributed by atoms with E-state index in [0.717, 1.165) is 0 Å². The number of carbonyl (C=O) groups is 4. The number of hydrogen-bond acceptors (Lipinski definition) is 10. The van der Waals surface area contributed by atoms with Crippen molar-refractivity contribution in [1.29, 1.82) is 0 Å². The molecule has 0 unspecified atom stereocenters. The molecule has 0 saturated carbocycles. The molecule has 0 fully saturated rings. The Bertz CT molecular complexity index is 1470. The van der Waals surface area contributed by atoms with Gasteiger partial charge in [-0.25, -0.2) is 9.59 Å². The molecule has 0 aromatic heterocycles. The van der Waals surface area contributed by atoms with E-state index in [2.05, 4.69) is 0 Å². The largest absolute Gasteiger partial charge is 0.493 e. The minimum absolute atomic E-state index is 0.0111. The molecular weight excluding hydrogens is 532 g/mol. The third kappa shape index (κ3) is 9.70. The fraction of sp³-hybridized carbons (Fsp3) is 0.161. The molecule has 0 bridgehead atoms. The average molecular weight is 561 g/mol. The summed E-state index contributed by atoms with van der Waals surface area (Å²) in [6.07, 6.45) is 5.60. The minimum atomic E-state index is -0.602. The molecule has 0 atom stereocenters. The SMILES string of the molecule is COc1cc(/C=C/C(=O)OCc2ccc(OC(=O)/C=C/c3ccc(OC(C)=O)c(OC)c3)cc2)ccc1OC(C)=O. The molecule has 0 amide bonds. The van der Waals surface area contributed by atoms with Crippen LogP contribution in [0.25, 0.3) is 12.2 Å². The van der Waals surface area contributed by atoms with Crippen LogP contribution in [0.15, 0.2) is 72.8 Å². The Hall–Kier alpha value is -5.38. The molecule has 10 nitrogen and oxygen atoms in total. The van der Waals surface area contributed by atoms with E-state index in [0.29, 0.717) is 33.9 Å². The van der Waals surface area contributed by atoms with E-state index in [9.17, 15) is 19.2 Å². The number of carbonyl (C=O) groups excluding carboxylic acids is 4. The third-order valence-electron chi connectivity index (χ3n) is 5.23. The van der Waals surface area contributed by atoms with Crippen LogP contribution in [0.4, 0.5) is 0 Å². The van der Waals surface area contributed by atoms with Crippen LogP contribution in [0.5, 0.6) is 28.7 Å². The van der Waals surface area contributed by atoms with Gasteiger partial charge in [-0.15, -0.1) is 0 Å². The van der Waals surface area contributed by atoms with Gasteiger partial charge in [-0.3, -0.25) is 9.59 Å². The number of ether oxygens (including phenoxy) is 6. The van der Waals surface area contributed by atoms with Gasteiger partial charge >= 0.3 is 23.9 Å². The van der Waals surface area contributed by atoms with Gasteiger partial charge in [0.1, 0.15) is 12.4 Å². The van der Waals surface area contributed by atoms with Gasteiger partial charge in [0.05, 0.1) is 14.2 Å². The highest BCUT2D eigenvalue weighted by Crippen LogP contribution is 2.29. The lowest BCUT2D eigenvalue weighted by Crippen LogP contribution is -2.04. The zero-order valence-corrected chi connectivity index (χ0v) is 22.9. The number of benzene rings is 3. The zero-order valence-electron chi connectivity index (χ0n) is 22.9. The highest BCUT2D eigenvalue weighted by Gasteiger charge is 2.09. The van der Waals surface area contributed by atoms with Gasteiger partial charge in [-0.2, -0.15) is 0 Å². The van der Waals surface area contributed by atoms with Crippen LogP contribution in [0.2, 0.25) is 0 Å². The summed E-state index contributed by atoms with van der Waals surface area (Å²) in [7, 11) is 2.89. The number of methoxy groups -OCH3 is 2. The van der Waals surface area contributed by atoms with E-state index in [1.807, 2.05) is 0 Å². The van der Waals surface area contributed by atoms with Gasteiger partial charge in [-0.1, -0.05) is 24.3 Å². The van der Waals surface area contributed by atoms with Crippen LogP contribution >= 0.6 is 0 Å². The number of esters is 4. The molecule has 212 valence electrons. The number of hydrogen-bond donors (Lipinski definition) is 0. The Labute approximate surface area is 236 Å². The lowest BCUT2D eigenvalue weighted by Gasteiger charge is -2.08. The van der Waals surface area contributed by atoms with E-state index in [1.165, 1.54) is 46.3 Å². The molecule has 0 aliphatic rings. The molecule has 3 rings (SSSR count). The van der Waals surface area contributed by atoms with Crippen LogP contribution in [0.1, 0.15) is 30.5 Å². The second-order valence-corrected chi connectivity index (χ2v) is 8.35. The molecule has 0 heterocycles. The quantitative estimate of drug-likeness (QED) is 0.181. The fourth-order valence-corrected chi connectivity index (χ4v) is 3.39. The Morgan fingerprint density at radius 1 is 0.610 bits per heavy atom. The molecule has 41 heavy (non-hydrogen) atoms. The third-order valence-corrected chi connectivity index (χ3v) is 5.23. The first-order valence-electron chi connectivity index (χ1n) is 12.2. The summed E-state index contributed by atoms with van der Waals surface area (Å²) in [5.41, 5.74) is 1.97. The maximum atomic E-state index is 12.2. The molecule has 0 radical (unpaired) electrons. The van der Waals surface area contributed by atoms with E-state index in [4.69, 9.17) is 28.4 Å². The van der Waals surface area contributed by atoms with Gasteiger partial charge in [0.25, 0.3) is 0 Å². The maximum absolute atomic E-state index is 12.2. The molecule has 0 aliphatic carbocycles. The highest BCUT2D eigenvalue weighted by atomic mass is 16.6. The molecule has 0 spiro atoms. The summed E-state index contributed by atoms with van der Waals surface area (Å²) in [5.74, 6) is -0.559. The average Bonchev–Trinajstić information content (AvgIpc) is 2.95. The molecule has 3 aromatic carbocycles. The predicted octanol–water partition coefficient (Wildman–Crippen LogP) is 4.93. The first kappa shape index (κ1) is 30.2. The Balaban J connectivity index is 1.50. The minimum Gasteiger partial charge on any atom is -0.493 e. The zero-order chi connectivity index (χ0) is 29.8. The van der Waals surface area contributed by atoms with Crippen LogP contribution in [0.3, 0.4) is 0 Å². The lowest BCUT2D eigenvalue weighted by molar-refractivity contribution is -0.139. The number of rotatable bonds is 11. The van der Waals surface area contributed by atoms with Gasteiger partial charge in [0, 0.05) is 26.0 Å². The Kier molecular flexibility index (Phi) is 10.8. The molecular formula is C31H28O10. The first-order valence-corrected chi connectivity index (χ1v) is 12.2. The molecule has 0 aliphatic heterocycles. The van der Waals surface area contributed by atoms with Gasteiger partial charge in [0.15, 0.2) is 23.0 Å². The van der Waals surface area contributed by atoms with Crippen LogP contribution in [0, 0.1) is 0 Å². The topological polar surface area (TPSA) is 124 Å². The van der Waals surface area contributed by atoms with Crippen molar-refractivity contribution in [3.8, 4) is 28.7 Å². The fourth-order valence-electron chi connectivity index (χ4n) is 3.39. The van der Waals surface area contributed by atoms with E-state index in [-0.39, 0.29) is 18.1 Å². The second-order valence-electron chi connectivity index (χ2n) is 8.35. The lowest BCUT2D eigenvalue weighted by atomic mass is 10.2. The molecule has 3 aromatic rings. The van der Waals surface area contributed by atoms with Crippen molar-refractivity contribution in [2.24, 2.45) is 0 Å². The summed E-state index contributed by atoms with van der Waals surface area (Å²) >= 11 is 0. The van der Waals surface area contributed by atoms with Gasteiger partial charge in [-0.05, 0) is 65.2 Å². The molecule has 0 saturated heterocycles. The predicted molar refractivity (Wildman–Crippen MR) is 149 cm³/mol. The van der Waals surface area contributed by atoms with Crippen LogP contribution in [-0.2, 0) is 30.5 Å². The monoisotopic (exact) mass is 560 g/mol. The summed E-state index contributed by atoms with van der Waals surface area (Å²) < 4.78 is 31.1. The van der Waals surface area contributed by atoms with Crippen molar-refractivity contribution in [3.63, 3.8) is 0 Å². The van der Waals surface area contributed by atoms with Crippen molar-refractivity contribution < 1.29 is 47.6 Å². The van der Waals surface area contributed by atoms with Crippen molar-refractivity contribution in [1.82, 2.24) is 0 Å². The summed E-state index contributed by atoms with van der Waals surface area (Å²) in [5, 5.41) is 0. The molecule has 0 N–H and O–H groups in total. The van der Waals surface area contributed by atoms with Crippen molar-refractivity contribution in [3.05, 3.63) is 89.5 Å². The first-order chi connectivity index (χ1) is 19.7. The smallest absolute Gasteiger partial charge is 0.336 e. The summed E-state index contributed by atoms with van der Waals surface area (Å²) in [4.78, 5) is 46.7. The highest BCUT2D eigenvalue weighted by molar-refractivity contribution is 5.89. The second kappa shape index (κ2) is 14.7. The maximum Gasteiger partial charge on any atom is 0.336 e. The Morgan fingerprint density at radius 3 is 1.56 bits per heavy atom. The van der Waals surface area contributed by atoms with E-state index in [1.54, 1.807) is 66.7 Å². The summed E-state index contributed by atoms with van der Waals surface area (Å²) in [6.45, 7) is 2.59. The standard InChI is InChI=1S/C31H28O10/c1-20(32)39-26-13-7-22(17-28(26)36-3)9-15-30(34)38-19-24-5-11-25(12-6-24)41-31(35)16-10-23-8-14-27(40-21(2)33)29(18-23)37-4/h5-18H,19H2,1-4H3/b15-9+,16-10+. The van der Waals surface area contributed by atoms with Gasteiger partial charge < -0.3 is 28.4 Å². The summed E-state index contributed by atoms with van der Waals surface area (Å²) in [6, 6.07) is 16.2. The Morgan fingerprint density at radius 2 is 1.10 bits per heavy atom. The normalized spacial score (nSPS) is 10.7. The van der Waals surface area contributed by atoms with Gasteiger partial charge in [0.2, 0.25) is 0 Å². The van der Waals surface area contributed by atoms with Crippen molar-refractivity contribution in [2.75, 3.05) is 14.2 Å². The van der Waals surface area contributed by atoms with Crippen LogP contribution < -0.4 is 23.7 Å².